The normalized spacial score (nSPS) is 15.2. The van der Waals surface area contributed by atoms with Gasteiger partial charge in [0, 0.05) is 35.4 Å². The molecule has 1 aliphatic rings. The Balaban J connectivity index is 1.50. The number of rotatable bonds is 7. The van der Waals surface area contributed by atoms with Crippen LogP contribution in [0, 0.1) is 16.7 Å². The molecule has 1 atom stereocenters. The number of hydrogen-bond acceptors (Lipinski definition) is 7. The van der Waals surface area contributed by atoms with E-state index >= 15 is 0 Å². The van der Waals surface area contributed by atoms with Gasteiger partial charge in [0.2, 0.25) is 0 Å². The van der Waals surface area contributed by atoms with E-state index in [1.165, 1.54) is 12.4 Å². The Morgan fingerprint density at radius 2 is 1.84 bits per heavy atom. The van der Waals surface area contributed by atoms with Crippen LogP contribution in [0.25, 0.3) is 21.7 Å². The molecular weight excluding hydrogens is 612 g/mol. The Morgan fingerprint density at radius 1 is 1.07 bits per heavy atom. The number of anilines is 2. The average Bonchev–Trinajstić information content (AvgIpc) is 3.65. The molecule has 2 aromatic carbocycles. The molecule has 44 heavy (non-hydrogen) atoms. The van der Waals surface area contributed by atoms with Gasteiger partial charge in [0.15, 0.2) is 5.54 Å². The highest BCUT2D eigenvalue weighted by atomic mass is 35.5. The highest BCUT2D eigenvalue weighted by Gasteiger charge is 2.66. The van der Waals surface area contributed by atoms with Gasteiger partial charge >= 0.3 is 6.18 Å². The SMILES string of the molecule is CC(C)(C)CNc1c(C#N)cnc2c(Cl)cc(NC(c3cn(C4(C(F)(F)F)CC4)nn3)c3cccc4cnc(Cl)cc34)cc12. The van der Waals surface area contributed by atoms with Gasteiger partial charge in [-0.25, -0.2) is 9.67 Å². The summed E-state index contributed by atoms with van der Waals surface area (Å²) in [6.07, 6.45) is -0.137. The van der Waals surface area contributed by atoms with E-state index in [2.05, 4.69) is 57.8 Å². The van der Waals surface area contributed by atoms with Crippen LogP contribution < -0.4 is 10.6 Å². The largest absolute Gasteiger partial charge is 0.413 e. The molecule has 1 fully saturated rings. The van der Waals surface area contributed by atoms with Crippen LogP contribution in [0.5, 0.6) is 0 Å². The molecule has 5 aromatic rings. The van der Waals surface area contributed by atoms with E-state index in [1.807, 2.05) is 24.3 Å². The number of halogens is 5. The van der Waals surface area contributed by atoms with Gasteiger partial charge in [-0.2, -0.15) is 18.4 Å². The van der Waals surface area contributed by atoms with E-state index < -0.39 is 17.8 Å². The summed E-state index contributed by atoms with van der Waals surface area (Å²) >= 11 is 13.0. The van der Waals surface area contributed by atoms with E-state index in [0.717, 1.165) is 15.5 Å². The summed E-state index contributed by atoms with van der Waals surface area (Å²) in [5, 5.41) is 27.6. The summed E-state index contributed by atoms with van der Waals surface area (Å²) < 4.78 is 42.8. The molecule has 8 nitrogen and oxygen atoms in total. The Kier molecular flexibility index (Phi) is 7.33. The summed E-state index contributed by atoms with van der Waals surface area (Å²) in [5.41, 5.74) is 0.795. The van der Waals surface area contributed by atoms with Crippen molar-refractivity contribution in [3.8, 4) is 6.07 Å². The van der Waals surface area contributed by atoms with Crippen molar-refractivity contribution >= 4 is 56.3 Å². The van der Waals surface area contributed by atoms with Gasteiger partial charge in [0.05, 0.1) is 34.0 Å². The molecule has 1 saturated carbocycles. The smallest absolute Gasteiger partial charge is 0.383 e. The van der Waals surface area contributed by atoms with Gasteiger partial charge < -0.3 is 10.6 Å². The van der Waals surface area contributed by atoms with Crippen LogP contribution in [-0.4, -0.2) is 37.7 Å². The van der Waals surface area contributed by atoms with Gasteiger partial charge in [0.25, 0.3) is 0 Å². The molecule has 0 spiro atoms. The molecule has 0 radical (unpaired) electrons. The standard InChI is InChI=1S/C31H27Cl2F3N8/c1-29(2,3)16-40-26-18(12-37)14-39-27-22(26)9-19(10-23(27)32)41-28(20-6-4-5-17-13-38-25(33)11-21(17)20)24-15-44(43-42-24)30(7-8-30)31(34,35)36/h4-6,9-11,13-15,28,41H,7-8,16H2,1-3H3,(H,39,40). The van der Waals surface area contributed by atoms with Crippen molar-refractivity contribution in [1.29, 1.82) is 5.26 Å². The molecule has 226 valence electrons. The van der Waals surface area contributed by atoms with Crippen molar-refractivity contribution in [2.45, 2.75) is 51.4 Å². The third-order valence-corrected chi connectivity index (χ3v) is 8.22. The third-order valence-electron chi connectivity index (χ3n) is 7.72. The minimum Gasteiger partial charge on any atom is -0.383 e. The summed E-state index contributed by atoms with van der Waals surface area (Å²) in [7, 11) is 0. The number of fused-ring (bicyclic) bond motifs is 2. The second-order valence-electron chi connectivity index (χ2n) is 12.2. The first-order chi connectivity index (χ1) is 20.8. The van der Waals surface area contributed by atoms with Crippen molar-refractivity contribution in [3.05, 3.63) is 82.0 Å². The zero-order valence-electron chi connectivity index (χ0n) is 24.0. The maximum absolute atomic E-state index is 14.0. The first kappa shape index (κ1) is 29.9. The van der Waals surface area contributed by atoms with Gasteiger partial charge in [-0.1, -0.05) is 67.4 Å². The number of alkyl halides is 3. The molecule has 0 saturated heterocycles. The predicted octanol–water partition coefficient (Wildman–Crippen LogP) is 8.26. The Labute approximate surface area is 261 Å². The molecule has 0 aliphatic heterocycles. The highest BCUT2D eigenvalue weighted by molar-refractivity contribution is 6.36. The molecule has 3 heterocycles. The van der Waals surface area contributed by atoms with Crippen LogP contribution in [0.4, 0.5) is 24.5 Å². The number of hydrogen-bond donors (Lipinski definition) is 2. The molecule has 1 unspecified atom stereocenters. The van der Waals surface area contributed by atoms with Gasteiger partial charge in [-0.05, 0) is 47.4 Å². The fourth-order valence-corrected chi connectivity index (χ4v) is 5.67. The van der Waals surface area contributed by atoms with Crippen molar-refractivity contribution in [2.24, 2.45) is 5.41 Å². The summed E-state index contributed by atoms with van der Waals surface area (Å²) in [6.45, 7) is 6.80. The minimum absolute atomic E-state index is 0.0637. The number of nitrogens with zero attached hydrogens (tertiary/aromatic N) is 6. The first-order valence-corrected chi connectivity index (χ1v) is 14.6. The van der Waals surface area contributed by atoms with E-state index in [0.29, 0.717) is 45.0 Å². The third kappa shape index (κ3) is 5.48. The lowest BCUT2D eigenvalue weighted by molar-refractivity contribution is -0.182. The van der Waals surface area contributed by atoms with Crippen LogP contribution >= 0.6 is 23.2 Å². The number of aromatic nitrogens is 5. The fraction of sp³-hybridized carbons (Fsp3) is 0.323. The van der Waals surface area contributed by atoms with Crippen molar-refractivity contribution in [1.82, 2.24) is 25.0 Å². The number of nitrogens with one attached hydrogen (secondary N) is 2. The number of pyridine rings is 2. The minimum atomic E-state index is -4.46. The second kappa shape index (κ2) is 10.8. The molecule has 3 aromatic heterocycles. The molecule has 0 bridgehead atoms. The topological polar surface area (TPSA) is 104 Å². The summed E-state index contributed by atoms with van der Waals surface area (Å²) in [5.74, 6) is 0. The van der Waals surface area contributed by atoms with Crippen LogP contribution in [0.3, 0.4) is 0 Å². The Morgan fingerprint density at radius 3 is 2.52 bits per heavy atom. The van der Waals surface area contributed by atoms with Crippen LogP contribution in [0.15, 0.2) is 55.0 Å². The van der Waals surface area contributed by atoms with Crippen molar-refractivity contribution < 1.29 is 13.2 Å². The second-order valence-corrected chi connectivity index (χ2v) is 13.0. The lowest BCUT2D eigenvalue weighted by Crippen LogP contribution is -2.35. The van der Waals surface area contributed by atoms with Gasteiger partial charge in [0.1, 0.15) is 16.9 Å². The Bertz CT molecular complexity index is 1940. The van der Waals surface area contributed by atoms with E-state index in [9.17, 15) is 18.4 Å². The molecule has 1 aliphatic carbocycles. The van der Waals surface area contributed by atoms with Crippen LogP contribution in [0.1, 0.15) is 56.5 Å². The molecule has 6 rings (SSSR count). The zero-order valence-corrected chi connectivity index (χ0v) is 25.5. The molecular formula is C31H27Cl2F3N8. The molecule has 2 N–H and O–H groups in total. The van der Waals surface area contributed by atoms with Crippen molar-refractivity contribution in [2.75, 3.05) is 17.2 Å². The molecule has 13 heteroatoms. The van der Waals surface area contributed by atoms with Gasteiger partial charge in [-0.3, -0.25) is 4.98 Å². The summed E-state index contributed by atoms with van der Waals surface area (Å²) in [6, 6.07) is 12.2. The Hall–Kier alpha value is -4.14. The first-order valence-electron chi connectivity index (χ1n) is 13.9. The lowest BCUT2D eigenvalue weighted by atomic mass is 9.96. The number of benzene rings is 2. The van der Waals surface area contributed by atoms with E-state index in [4.69, 9.17) is 23.2 Å². The monoisotopic (exact) mass is 638 g/mol. The maximum Gasteiger partial charge on any atom is 0.413 e. The van der Waals surface area contributed by atoms with E-state index in [-0.39, 0.29) is 29.1 Å². The molecule has 0 amide bonds. The number of nitriles is 1. The summed E-state index contributed by atoms with van der Waals surface area (Å²) in [4.78, 5) is 8.60. The highest BCUT2D eigenvalue weighted by Crippen LogP contribution is 2.55. The predicted molar refractivity (Wildman–Crippen MR) is 165 cm³/mol. The maximum atomic E-state index is 14.0. The van der Waals surface area contributed by atoms with Gasteiger partial charge in [-0.15, -0.1) is 5.10 Å². The van der Waals surface area contributed by atoms with Crippen molar-refractivity contribution in [3.63, 3.8) is 0 Å². The van der Waals surface area contributed by atoms with Crippen LogP contribution in [-0.2, 0) is 5.54 Å². The lowest BCUT2D eigenvalue weighted by Gasteiger charge is -2.23. The van der Waals surface area contributed by atoms with Crippen LogP contribution in [0.2, 0.25) is 10.2 Å². The fourth-order valence-electron chi connectivity index (χ4n) is 5.25. The zero-order chi connectivity index (χ0) is 31.4. The average molecular weight is 640 g/mol. The van der Waals surface area contributed by atoms with E-state index in [1.54, 1.807) is 18.3 Å². The quantitative estimate of drug-likeness (QED) is 0.173.